The zero-order valence-electron chi connectivity index (χ0n) is 14.9. The topological polar surface area (TPSA) is 52.8 Å². The second-order valence-corrected chi connectivity index (χ2v) is 8.87. The molecule has 0 radical (unpaired) electrons. The van der Waals surface area contributed by atoms with Crippen LogP contribution in [0.4, 0.5) is 0 Å². The van der Waals surface area contributed by atoms with Crippen molar-refractivity contribution >= 4 is 62.4 Å². The van der Waals surface area contributed by atoms with Crippen molar-refractivity contribution in [2.45, 2.75) is 6.54 Å². The van der Waals surface area contributed by atoms with Gasteiger partial charge in [0.1, 0.15) is 13.2 Å². The maximum Gasteiger partial charge on any atom is 0.281 e. The number of hydrogen-bond donors (Lipinski definition) is 0. The first kappa shape index (κ1) is 19.6. The minimum Gasteiger partial charge on any atom is -0.486 e. The van der Waals surface area contributed by atoms with Crippen molar-refractivity contribution in [2.24, 2.45) is 4.99 Å². The van der Waals surface area contributed by atoms with Gasteiger partial charge in [-0.05, 0) is 24.5 Å². The monoisotopic (exact) mass is 454 g/mol. The zero-order valence-corrected chi connectivity index (χ0v) is 18.1. The van der Waals surface area contributed by atoms with Gasteiger partial charge in [0.25, 0.3) is 5.91 Å². The van der Waals surface area contributed by atoms with Gasteiger partial charge in [-0.25, -0.2) is 0 Å². The van der Waals surface area contributed by atoms with E-state index in [1.807, 2.05) is 23.0 Å². The van der Waals surface area contributed by atoms with Crippen LogP contribution in [-0.4, -0.2) is 35.7 Å². The number of carbonyl (C=O) groups is 1. The number of ether oxygens (including phenoxy) is 2. The van der Waals surface area contributed by atoms with Crippen LogP contribution in [0.25, 0.3) is 10.2 Å². The van der Waals surface area contributed by atoms with E-state index >= 15 is 0 Å². The summed E-state index contributed by atoms with van der Waals surface area (Å²) in [4.78, 5) is 17.7. The highest BCUT2D eigenvalue weighted by atomic mass is 35.5. The van der Waals surface area contributed by atoms with Gasteiger partial charge in [0.05, 0.1) is 20.8 Å². The Labute approximate surface area is 179 Å². The summed E-state index contributed by atoms with van der Waals surface area (Å²) in [5, 5.41) is 0.763. The lowest BCUT2D eigenvalue weighted by molar-refractivity contribution is 0.0998. The van der Waals surface area contributed by atoms with Crippen molar-refractivity contribution < 1.29 is 14.3 Å². The lowest BCUT2D eigenvalue weighted by Crippen LogP contribution is -2.19. The first-order chi connectivity index (χ1) is 13.6. The predicted octanol–water partition coefficient (Wildman–Crippen LogP) is 4.88. The fraction of sp³-hybridized carbons (Fsp3) is 0.263. The lowest BCUT2D eigenvalue weighted by atomic mass is 10.2. The molecule has 5 nitrogen and oxygen atoms in total. The molecule has 0 saturated heterocycles. The second kappa shape index (κ2) is 8.37. The van der Waals surface area contributed by atoms with E-state index < -0.39 is 5.91 Å². The zero-order chi connectivity index (χ0) is 19.7. The Morgan fingerprint density at radius 1 is 1.21 bits per heavy atom. The summed E-state index contributed by atoms with van der Waals surface area (Å²) in [6.07, 6.45) is 2.05. The number of aromatic nitrogens is 1. The minimum atomic E-state index is -0.400. The molecule has 0 bridgehead atoms. The number of benzene rings is 2. The third-order valence-electron chi connectivity index (χ3n) is 4.22. The van der Waals surface area contributed by atoms with E-state index in [1.54, 1.807) is 30.0 Å². The number of nitrogens with zero attached hydrogens (tertiary/aromatic N) is 2. The summed E-state index contributed by atoms with van der Waals surface area (Å²) in [6, 6.07) is 8.67. The minimum absolute atomic E-state index is 0.287. The number of fused-ring (bicyclic) bond motifs is 2. The molecule has 0 saturated carbocycles. The van der Waals surface area contributed by atoms with E-state index in [9.17, 15) is 4.79 Å². The van der Waals surface area contributed by atoms with Gasteiger partial charge < -0.3 is 14.0 Å². The average molecular weight is 455 g/mol. The molecule has 4 rings (SSSR count). The molecule has 1 amide bonds. The normalized spacial score (nSPS) is 13.9. The van der Waals surface area contributed by atoms with Gasteiger partial charge in [-0.15, -0.1) is 0 Å². The van der Waals surface area contributed by atoms with E-state index in [2.05, 4.69) is 4.99 Å². The van der Waals surface area contributed by atoms with Crippen LogP contribution in [0.2, 0.25) is 10.0 Å². The van der Waals surface area contributed by atoms with Crippen LogP contribution in [0, 0.1) is 0 Å². The third-order valence-corrected chi connectivity index (χ3v) is 6.40. The van der Waals surface area contributed by atoms with E-state index in [4.69, 9.17) is 32.7 Å². The SMILES string of the molecule is CSCCn1c(=NC(=O)c2ccc(Cl)cc2Cl)sc2cc3c(cc21)OCCO3. The van der Waals surface area contributed by atoms with Gasteiger partial charge in [-0.3, -0.25) is 4.79 Å². The molecule has 146 valence electrons. The molecule has 0 N–H and O–H groups in total. The smallest absolute Gasteiger partial charge is 0.281 e. The van der Waals surface area contributed by atoms with E-state index in [-0.39, 0.29) is 5.02 Å². The first-order valence-corrected chi connectivity index (χ1v) is 11.5. The molecule has 1 aromatic heterocycles. The van der Waals surface area contributed by atoms with Gasteiger partial charge in [-0.2, -0.15) is 16.8 Å². The fourth-order valence-corrected chi connectivity index (χ4v) is 4.82. The summed E-state index contributed by atoms with van der Waals surface area (Å²) < 4.78 is 14.4. The molecule has 1 aliphatic heterocycles. The first-order valence-electron chi connectivity index (χ1n) is 8.53. The number of aryl methyl sites for hydroxylation is 1. The molecular weight excluding hydrogens is 439 g/mol. The van der Waals surface area contributed by atoms with Crippen LogP contribution in [0.5, 0.6) is 11.5 Å². The van der Waals surface area contributed by atoms with E-state index in [0.29, 0.717) is 34.4 Å². The maximum atomic E-state index is 12.7. The number of thioether (sulfide) groups is 1. The van der Waals surface area contributed by atoms with E-state index in [1.165, 1.54) is 11.3 Å². The molecule has 0 fully saturated rings. The third kappa shape index (κ3) is 3.89. The highest BCUT2D eigenvalue weighted by Crippen LogP contribution is 2.35. The van der Waals surface area contributed by atoms with Gasteiger partial charge in [0.2, 0.25) is 0 Å². The van der Waals surface area contributed by atoms with Crippen molar-refractivity contribution in [3.05, 3.63) is 50.7 Å². The Morgan fingerprint density at radius 3 is 2.68 bits per heavy atom. The van der Waals surface area contributed by atoms with Gasteiger partial charge in [0.15, 0.2) is 16.3 Å². The fourth-order valence-electron chi connectivity index (χ4n) is 2.90. The molecule has 2 heterocycles. The number of rotatable bonds is 4. The predicted molar refractivity (Wildman–Crippen MR) is 116 cm³/mol. The number of carbonyl (C=O) groups excluding carboxylic acids is 1. The number of thiazole rings is 1. The van der Waals surface area contributed by atoms with Crippen LogP contribution in [0.3, 0.4) is 0 Å². The molecule has 2 aromatic carbocycles. The molecule has 0 aliphatic carbocycles. The Hall–Kier alpha value is -1.67. The Morgan fingerprint density at radius 2 is 1.96 bits per heavy atom. The molecule has 1 aliphatic rings. The molecular formula is C19H16Cl2N2O3S2. The second-order valence-electron chi connectivity index (χ2n) is 6.03. The van der Waals surface area contributed by atoms with Crippen molar-refractivity contribution in [3.8, 4) is 11.5 Å². The number of hydrogen-bond acceptors (Lipinski definition) is 5. The van der Waals surface area contributed by atoms with Crippen molar-refractivity contribution in [3.63, 3.8) is 0 Å². The summed E-state index contributed by atoms with van der Waals surface area (Å²) in [5.41, 5.74) is 1.29. The number of halogens is 2. The highest BCUT2D eigenvalue weighted by molar-refractivity contribution is 7.98. The standard InChI is InChI=1S/C19H16Cl2N2O3S2/c1-27-7-4-23-14-9-15-16(26-6-5-25-15)10-17(14)28-19(23)22-18(24)12-3-2-11(20)8-13(12)21/h2-3,8-10H,4-7H2,1H3. The summed E-state index contributed by atoms with van der Waals surface area (Å²) in [6.45, 7) is 1.78. The van der Waals surface area contributed by atoms with Crippen molar-refractivity contribution in [1.82, 2.24) is 4.57 Å². The summed E-state index contributed by atoms with van der Waals surface area (Å²) in [7, 11) is 0. The molecule has 0 atom stereocenters. The highest BCUT2D eigenvalue weighted by Gasteiger charge is 2.17. The lowest BCUT2D eigenvalue weighted by Gasteiger charge is -2.18. The molecule has 28 heavy (non-hydrogen) atoms. The Balaban J connectivity index is 1.84. The Kier molecular flexibility index (Phi) is 5.87. The van der Waals surface area contributed by atoms with Crippen LogP contribution >= 0.6 is 46.3 Å². The Bertz CT molecular complexity index is 1120. The molecule has 0 unspecified atom stereocenters. The van der Waals surface area contributed by atoms with Crippen LogP contribution < -0.4 is 14.3 Å². The van der Waals surface area contributed by atoms with Crippen molar-refractivity contribution in [1.29, 1.82) is 0 Å². The van der Waals surface area contributed by atoms with E-state index in [0.717, 1.165) is 28.3 Å². The van der Waals surface area contributed by atoms with Gasteiger partial charge in [-0.1, -0.05) is 34.5 Å². The van der Waals surface area contributed by atoms with Crippen molar-refractivity contribution in [2.75, 3.05) is 25.2 Å². The summed E-state index contributed by atoms with van der Waals surface area (Å²) in [5.74, 6) is 1.93. The quantitative estimate of drug-likeness (QED) is 0.563. The number of amides is 1. The molecule has 3 aromatic rings. The molecule has 9 heteroatoms. The van der Waals surface area contributed by atoms with Crippen LogP contribution in [0.15, 0.2) is 35.3 Å². The van der Waals surface area contributed by atoms with Crippen LogP contribution in [0.1, 0.15) is 10.4 Å². The van der Waals surface area contributed by atoms with Gasteiger partial charge in [0, 0.05) is 29.5 Å². The average Bonchev–Trinajstić information content (AvgIpc) is 3.00. The largest absolute Gasteiger partial charge is 0.486 e. The maximum absolute atomic E-state index is 12.7. The molecule has 0 spiro atoms. The van der Waals surface area contributed by atoms with Gasteiger partial charge >= 0.3 is 0 Å². The summed E-state index contributed by atoms with van der Waals surface area (Å²) >= 11 is 15.3. The van der Waals surface area contributed by atoms with Crippen LogP contribution in [-0.2, 0) is 6.54 Å².